The molecule has 80 valence electrons. The molecule has 0 amide bonds. The van der Waals surface area contributed by atoms with Gasteiger partial charge in [-0.2, -0.15) is 5.26 Å². The number of carboxylic acid groups (broad SMARTS) is 1. The van der Waals surface area contributed by atoms with Crippen molar-refractivity contribution in [2.24, 2.45) is 5.92 Å². The summed E-state index contributed by atoms with van der Waals surface area (Å²) in [7, 11) is 0. The van der Waals surface area contributed by atoms with Crippen molar-refractivity contribution in [3.8, 4) is 6.07 Å². The molecule has 0 radical (unpaired) electrons. The zero-order valence-corrected chi connectivity index (χ0v) is 8.31. The van der Waals surface area contributed by atoms with E-state index in [1.165, 1.54) is 0 Å². The molecule has 0 aliphatic heterocycles. The lowest BCUT2D eigenvalue weighted by Crippen LogP contribution is -2.33. The van der Waals surface area contributed by atoms with Gasteiger partial charge >= 0.3 is 5.97 Å². The quantitative estimate of drug-likeness (QED) is 0.561. The molecule has 2 N–H and O–H groups in total. The van der Waals surface area contributed by atoms with E-state index in [1.54, 1.807) is 11.8 Å². The van der Waals surface area contributed by atoms with Gasteiger partial charge in [0.1, 0.15) is 0 Å². The second-order valence-corrected chi connectivity index (χ2v) is 3.21. The molecular weight excluding hydrogens is 184 g/mol. The Bertz CT molecular complexity index is 213. The van der Waals surface area contributed by atoms with Crippen LogP contribution in [0, 0.1) is 17.2 Å². The van der Waals surface area contributed by atoms with Crippen molar-refractivity contribution in [2.75, 3.05) is 26.2 Å². The maximum atomic E-state index is 10.6. The maximum Gasteiger partial charge on any atom is 0.307 e. The number of aliphatic hydroxyl groups is 1. The van der Waals surface area contributed by atoms with Crippen molar-refractivity contribution in [1.29, 1.82) is 5.26 Å². The van der Waals surface area contributed by atoms with Crippen LogP contribution in [0.3, 0.4) is 0 Å². The lowest BCUT2D eigenvalue weighted by Gasteiger charge is -2.20. The monoisotopic (exact) mass is 200 g/mol. The highest BCUT2D eigenvalue weighted by molar-refractivity contribution is 5.69. The number of hydrogen-bond acceptors (Lipinski definition) is 4. The van der Waals surface area contributed by atoms with Crippen LogP contribution in [0.1, 0.15) is 13.3 Å². The third-order valence-electron chi connectivity index (χ3n) is 1.88. The van der Waals surface area contributed by atoms with Crippen LogP contribution in [-0.2, 0) is 4.79 Å². The van der Waals surface area contributed by atoms with Crippen LogP contribution in [0.4, 0.5) is 0 Å². The number of carboxylic acids is 1. The molecule has 0 aromatic carbocycles. The second-order valence-electron chi connectivity index (χ2n) is 3.21. The molecule has 0 aromatic heterocycles. The average Bonchev–Trinajstić information content (AvgIpc) is 2.14. The number of aliphatic hydroxyl groups excluding tert-OH is 1. The van der Waals surface area contributed by atoms with Crippen molar-refractivity contribution in [3.63, 3.8) is 0 Å². The van der Waals surface area contributed by atoms with E-state index in [4.69, 9.17) is 15.5 Å². The standard InChI is InChI=1S/C9H16N2O3/c1-8(9(13)14)7-11(5-3-10)4-2-6-12/h8,12H,2,4-7H2,1H3,(H,13,14). The summed E-state index contributed by atoms with van der Waals surface area (Å²) >= 11 is 0. The van der Waals surface area contributed by atoms with Crippen molar-refractivity contribution in [3.05, 3.63) is 0 Å². The molecule has 0 saturated carbocycles. The Morgan fingerprint density at radius 3 is 2.71 bits per heavy atom. The van der Waals surface area contributed by atoms with Gasteiger partial charge in [0, 0.05) is 19.7 Å². The fourth-order valence-corrected chi connectivity index (χ4v) is 1.09. The van der Waals surface area contributed by atoms with E-state index in [1.807, 2.05) is 6.07 Å². The maximum absolute atomic E-state index is 10.6. The van der Waals surface area contributed by atoms with Gasteiger partial charge in [0.25, 0.3) is 0 Å². The van der Waals surface area contributed by atoms with Crippen LogP contribution >= 0.6 is 0 Å². The van der Waals surface area contributed by atoms with Crippen molar-refractivity contribution in [2.45, 2.75) is 13.3 Å². The van der Waals surface area contributed by atoms with Crippen LogP contribution < -0.4 is 0 Å². The zero-order chi connectivity index (χ0) is 11.0. The van der Waals surface area contributed by atoms with Gasteiger partial charge in [0.05, 0.1) is 18.5 Å². The summed E-state index contributed by atoms with van der Waals surface area (Å²) in [6.45, 7) is 2.78. The van der Waals surface area contributed by atoms with Crippen molar-refractivity contribution < 1.29 is 15.0 Å². The minimum absolute atomic E-state index is 0.0589. The molecule has 0 aromatic rings. The molecule has 0 saturated heterocycles. The normalized spacial score (nSPS) is 12.4. The van der Waals surface area contributed by atoms with Crippen LogP contribution in [0.25, 0.3) is 0 Å². The van der Waals surface area contributed by atoms with E-state index in [0.717, 1.165) is 0 Å². The highest BCUT2D eigenvalue weighted by Gasteiger charge is 2.15. The summed E-state index contributed by atoms with van der Waals surface area (Å²) in [4.78, 5) is 12.3. The number of nitriles is 1. The third kappa shape index (κ3) is 5.51. The van der Waals surface area contributed by atoms with Crippen LogP contribution in [0.5, 0.6) is 0 Å². The van der Waals surface area contributed by atoms with E-state index in [-0.39, 0.29) is 13.2 Å². The third-order valence-corrected chi connectivity index (χ3v) is 1.88. The van der Waals surface area contributed by atoms with Crippen LogP contribution in [0.2, 0.25) is 0 Å². The molecule has 5 nitrogen and oxygen atoms in total. The van der Waals surface area contributed by atoms with Gasteiger partial charge in [0.2, 0.25) is 0 Å². The number of nitrogens with zero attached hydrogens (tertiary/aromatic N) is 2. The summed E-state index contributed by atoms with van der Waals surface area (Å²) < 4.78 is 0. The highest BCUT2D eigenvalue weighted by atomic mass is 16.4. The van der Waals surface area contributed by atoms with E-state index in [0.29, 0.717) is 19.5 Å². The molecule has 0 aliphatic carbocycles. The fraction of sp³-hybridized carbons (Fsp3) is 0.778. The largest absolute Gasteiger partial charge is 0.481 e. The first-order chi connectivity index (χ1) is 6.61. The van der Waals surface area contributed by atoms with Gasteiger partial charge in [-0.05, 0) is 6.42 Å². The van der Waals surface area contributed by atoms with E-state index >= 15 is 0 Å². The Hall–Kier alpha value is -1.12. The number of carbonyl (C=O) groups is 1. The van der Waals surface area contributed by atoms with Gasteiger partial charge in [0.15, 0.2) is 0 Å². The van der Waals surface area contributed by atoms with Gasteiger partial charge < -0.3 is 10.2 Å². The minimum Gasteiger partial charge on any atom is -0.481 e. The molecule has 5 heteroatoms. The molecule has 0 spiro atoms. The van der Waals surface area contributed by atoms with Crippen molar-refractivity contribution in [1.82, 2.24) is 4.90 Å². The molecule has 0 fully saturated rings. The van der Waals surface area contributed by atoms with E-state index in [9.17, 15) is 4.79 Å². The molecule has 0 bridgehead atoms. The van der Waals surface area contributed by atoms with E-state index in [2.05, 4.69) is 0 Å². The van der Waals surface area contributed by atoms with Gasteiger partial charge in [-0.15, -0.1) is 0 Å². The van der Waals surface area contributed by atoms with Gasteiger partial charge in [-0.25, -0.2) is 0 Å². The summed E-state index contributed by atoms with van der Waals surface area (Å²) in [5, 5.41) is 25.8. The summed E-state index contributed by atoms with van der Waals surface area (Å²) in [5.41, 5.74) is 0. The zero-order valence-electron chi connectivity index (χ0n) is 8.31. The fourth-order valence-electron chi connectivity index (χ4n) is 1.09. The van der Waals surface area contributed by atoms with Gasteiger partial charge in [-0.1, -0.05) is 6.92 Å². The number of rotatable bonds is 7. The molecule has 0 aliphatic rings. The topological polar surface area (TPSA) is 84.6 Å². The van der Waals surface area contributed by atoms with Crippen molar-refractivity contribution >= 4 is 5.97 Å². The Balaban J connectivity index is 3.95. The molecule has 14 heavy (non-hydrogen) atoms. The lowest BCUT2D eigenvalue weighted by molar-refractivity contribution is -0.141. The Morgan fingerprint density at radius 2 is 2.29 bits per heavy atom. The SMILES string of the molecule is CC(CN(CC#N)CCCO)C(=O)O. The molecule has 0 rings (SSSR count). The first-order valence-electron chi connectivity index (χ1n) is 4.54. The predicted molar refractivity (Wildman–Crippen MR) is 50.6 cm³/mol. The Morgan fingerprint density at radius 1 is 1.64 bits per heavy atom. The first kappa shape index (κ1) is 12.9. The molecule has 1 unspecified atom stereocenters. The predicted octanol–water partition coefficient (Wildman–Crippen LogP) is -0.0849. The average molecular weight is 200 g/mol. The second kappa shape index (κ2) is 7.30. The first-order valence-corrected chi connectivity index (χ1v) is 4.54. The van der Waals surface area contributed by atoms with Crippen LogP contribution in [-0.4, -0.2) is 47.3 Å². The summed E-state index contributed by atoms with van der Waals surface area (Å²) in [6, 6.07) is 1.97. The molecular formula is C9H16N2O3. The number of aliphatic carboxylic acids is 1. The van der Waals surface area contributed by atoms with Crippen LogP contribution in [0.15, 0.2) is 0 Å². The Labute approximate surface area is 83.6 Å². The summed E-state index contributed by atoms with van der Waals surface area (Å²) in [6.07, 6.45) is 0.564. The lowest BCUT2D eigenvalue weighted by atomic mass is 10.1. The van der Waals surface area contributed by atoms with E-state index < -0.39 is 11.9 Å². The number of hydrogen-bond donors (Lipinski definition) is 2. The molecule has 0 heterocycles. The highest BCUT2D eigenvalue weighted by Crippen LogP contribution is 2.00. The summed E-state index contributed by atoms with van der Waals surface area (Å²) in [5.74, 6) is -1.35. The molecule has 1 atom stereocenters. The Kier molecular flexibility index (Phi) is 6.72. The van der Waals surface area contributed by atoms with Gasteiger partial charge in [-0.3, -0.25) is 9.69 Å². The smallest absolute Gasteiger partial charge is 0.307 e. The minimum atomic E-state index is -0.864.